The van der Waals surface area contributed by atoms with Crippen LogP contribution in [0.4, 0.5) is 4.79 Å². The zero-order valence-corrected chi connectivity index (χ0v) is 15.7. The first kappa shape index (κ1) is 18.1. The molecular formula is C22H22N2O4. The number of esters is 1. The van der Waals surface area contributed by atoms with Crippen LogP contribution >= 0.6 is 0 Å². The lowest BCUT2D eigenvalue weighted by atomic mass is 9.95. The summed E-state index contributed by atoms with van der Waals surface area (Å²) in [6.07, 6.45) is 0.284. The number of fused-ring (bicyclic) bond motifs is 3. The second-order valence-electron chi connectivity index (χ2n) is 6.93. The number of para-hydroxylation sites is 1. The number of rotatable bonds is 4. The average molecular weight is 378 g/mol. The van der Waals surface area contributed by atoms with Crippen molar-refractivity contribution in [2.45, 2.75) is 32.0 Å². The van der Waals surface area contributed by atoms with Crippen LogP contribution in [-0.2, 0) is 33.8 Å². The Labute approximate surface area is 163 Å². The zero-order chi connectivity index (χ0) is 19.5. The molecule has 0 saturated carbocycles. The minimum Gasteiger partial charge on any atom is -0.469 e. The molecular weight excluding hydrogens is 356 g/mol. The smallest absolute Gasteiger partial charge is 0.410 e. The Morgan fingerprint density at radius 1 is 1.11 bits per heavy atom. The second kappa shape index (κ2) is 7.76. The van der Waals surface area contributed by atoms with E-state index in [0.717, 1.165) is 27.7 Å². The Hall–Kier alpha value is -3.28. The summed E-state index contributed by atoms with van der Waals surface area (Å²) in [5.74, 6) is -0.339. The predicted octanol–water partition coefficient (Wildman–Crippen LogP) is 3.79. The van der Waals surface area contributed by atoms with Crippen molar-refractivity contribution in [3.05, 3.63) is 71.4 Å². The summed E-state index contributed by atoms with van der Waals surface area (Å²) < 4.78 is 10.4. The summed E-state index contributed by atoms with van der Waals surface area (Å²) in [6.45, 7) is 0.569. The third-order valence-corrected chi connectivity index (χ3v) is 5.18. The molecule has 1 atom stereocenters. The summed E-state index contributed by atoms with van der Waals surface area (Å²) in [6, 6.07) is 17.3. The Morgan fingerprint density at radius 3 is 2.64 bits per heavy atom. The van der Waals surface area contributed by atoms with Crippen molar-refractivity contribution >= 4 is 23.0 Å². The first-order valence-electron chi connectivity index (χ1n) is 9.28. The van der Waals surface area contributed by atoms with E-state index in [1.165, 1.54) is 7.11 Å². The van der Waals surface area contributed by atoms with Crippen molar-refractivity contribution in [1.29, 1.82) is 0 Å². The maximum atomic E-state index is 12.8. The quantitative estimate of drug-likeness (QED) is 0.701. The number of nitrogens with one attached hydrogen (secondary N) is 1. The third kappa shape index (κ3) is 3.58. The van der Waals surface area contributed by atoms with Crippen LogP contribution in [0.25, 0.3) is 10.9 Å². The number of carbonyl (C=O) groups is 2. The van der Waals surface area contributed by atoms with Crippen molar-refractivity contribution < 1.29 is 19.1 Å². The molecule has 0 unspecified atom stereocenters. The first-order valence-corrected chi connectivity index (χ1v) is 9.28. The van der Waals surface area contributed by atoms with Gasteiger partial charge in [0.15, 0.2) is 0 Å². The molecule has 144 valence electrons. The van der Waals surface area contributed by atoms with Crippen LogP contribution in [0, 0.1) is 0 Å². The van der Waals surface area contributed by atoms with Gasteiger partial charge in [0.25, 0.3) is 0 Å². The number of methoxy groups -OCH3 is 1. The average Bonchev–Trinajstić information content (AvgIpc) is 3.09. The van der Waals surface area contributed by atoms with E-state index in [1.807, 2.05) is 48.5 Å². The molecule has 2 aromatic carbocycles. The van der Waals surface area contributed by atoms with Gasteiger partial charge >= 0.3 is 12.1 Å². The normalized spacial score (nSPS) is 15.9. The molecule has 3 aromatic rings. The van der Waals surface area contributed by atoms with Gasteiger partial charge in [-0.2, -0.15) is 0 Å². The minimum absolute atomic E-state index is 0.135. The first-order chi connectivity index (χ1) is 13.7. The molecule has 1 N–H and O–H groups in total. The van der Waals surface area contributed by atoms with Crippen LogP contribution in [-0.4, -0.2) is 35.1 Å². The molecule has 6 nitrogen and oxygen atoms in total. The summed E-state index contributed by atoms with van der Waals surface area (Å²) in [7, 11) is 1.36. The van der Waals surface area contributed by atoms with E-state index in [4.69, 9.17) is 9.47 Å². The number of H-pyrrole nitrogens is 1. The molecule has 6 heteroatoms. The van der Waals surface area contributed by atoms with E-state index < -0.39 is 6.09 Å². The number of hydrogen-bond donors (Lipinski definition) is 1. The fourth-order valence-electron chi connectivity index (χ4n) is 3.74. The van der Waals surface area contributed by atoms with E-state index >= 15 is 0 Å². The lowest BCUT2D eigenvalue weighted by molar-refractivity contribution is -0.142. The SMILES string of the molecule is COC(=O)C[C@@H]1Cc2c([nH]c3ccccc23)CN1C(=O)OCc1ccccc1. The monoisotopic (exact) mass is 378 g/mol. The highest BCUT2D eigenvalue weighted by Crippen LogP contribution is 2.31. The van der Waals surface area contributed by atoms with Crippen LogP contribution in [0.15, 0.2) is 54.6 Å². The standard InChI is InChI=1S/C22H22N2O4/c1-27-21(25)12-16-11-18-17-9-5-6-10-19(17)23-20(18)13-24(16)22(26)28-14-15-7-3-2-4-8-15/h2-10,16,23H,11-14H2,1H3/t16-/m0/s1. The predicted molar refractivity (Wildman–Crippen MR) is 105 cm³/mol. The van der Waals surface area contributed by atoms with Crippen LogP contribution in [0.2, 0.25) is 0 Å². The molecule has 0 saturated heterocycles. The van der Waals surface area contributed by atoms with Gasteiger partial charge in [0.1, 0.15) is 6.61 Å². The van der Waals surface area contributed by atoms with Gasteiger partial charge in [-0.3, -0.25) is 9.69 Å². The van der Waals surface area contributed by atoms with Crippen molar-refractivity contribution in [3.63, 3.8) is 0 Å². The summed E-state index contributed by atoms with van der Waals surface area (Å²) in [5.41, 5.74) is 4.09. The van der Waals surface area contributed by atoms with E-state index in [1.54, 1.807) is 4.90 Å². The van der Waals surface area contributed by atoms with Gasteiger partial charge in [-0.05, 0) is 23.6 Å². The highest BCUT2D eigenvalue weighted by atomic mass is 16.6. The van der Waals surface area contributed by atoms with Gasteiger partial charge in [-0.15, -0.1) is 0 Å². The van der Waals surface area contributed by atoms with Crippen molar-refractivity contribution in [1.82, 2.24) is 9.88 Å². The number of aromatic nitrogens is 1. The van der Waals surface area contributed by atoms with E-state index in [2.05, 4.69) is 11.1 Å². The molecule has 0 aliphatic carbocycles. The maximum absolute atomic E-state index is 12.8. The number of ether oxygens (including phenoxy) is 2. The van der Waals surface area contributed by atoms with Crippen LogP contribution in [0.5, 0.6) is 0 Å². The molecule has 1 aliphatic rings. The summed E-state index contributed by atoms with van der Waals surface area (Å²) >= 11 is 0. The minimum atomic E-state index is -0.429. The van der Waals surface area contributed by atoms with Crippen molar-refractivity contribution in [2.75, 3.05) is 7.11 Å². The molecule has 1 aromatic heterocycles. The van der Waals surface area contributed by atoms with Crippen LogP contribution < -0.4 is 0 Å². The van der Waals surface area contributed by atoms with Gasteiger partial charge < -0.3 is 14.5 Å². The third-order valence-electron chi connectivity index (χ3n) is 5.18. The van der Waals surface area contributed by atoms with Crippen LogP contribution in [0.3, 0.4) is 0 Å². The fourth-order valence-corrected chi connectivity index (χ4v) is 3.74. The van der Waals surface area contributed by atoms with Crippen molar-refractivity contribution in [3.8, 4) is 0 Å². The molecule has 2 heterocycles. The fraction of sp³-hybridized carbons (Fsp3) is 0.273. The lowest BCUT2D eigenvalue weighted by Gasteiger charge is -2.34. The van der Waals surface area contributed by atoms with Gasteiger partial charge in [0.05, 0.1) is 26.1 Å². The Bertz CT molecular complexity index is 996. The second-order valence-corrected chi connectivity index (χ2v) is 6.93. The van der Waals surface area contributed by atoms with Gasteiger partial charge in [0.2, 0.25) is 0 Å². The highest BCUT2D eigenvalue weighted by molar-refractivity contribution is 5.85. The number of nitrogens with zero attached hydrogens (tertiary/aromatic N) is 1. The maximum Gasteiger partial charge on any atom is 0.410 e. The molecule has 1 amide bonds. The Balaban J connectivity index is 1.57. The number of amides is 1. The van der Waals surface area contributed by atoms with Crippen molar-refractivity contribution in [2.24, 2.45) is 0 Å². The summed E-state index contributed by atoms with van der Waals surface area (Å²) in [4.78, 5) is 29.8. The molecule has 4 rings (SSSR count). The highest BCUT2D eigenvalue weighted by Gasteiger charge is 2.34. The van der Waals surface area contributed by atoms with E-state index in [-0.39, 0.29) is 25.0 Å². The largest absolute Gasteiger partial charge is 0.469 e. The lowest BCUT2D eigenvalue weighted by Crippen LogP contribution is -2.45. The Kier molecular flexibility index (Phi) is 5.02. The molecule has 1 aliphatic heterocycles. The van der Waals surface area contributed by atoms with E-state index in [9.17, 15) is 9.59 Å². The molecule has 0 radical (unpaired) electrons. The van der Waals surface area contributed by atoms with Gasteiger partial charge in [0, 0.05) is 16.6 Å². The van der Waals surface area contributed by atoms with Gasteiger partial charge in [-0.1, -0.05) is 48.5 Å². The number of hydrogen-bond acceptors (Lipinski definition) is 4. The number of benzene rings is 2. The number of carbonyl (C=O) groups excluding carboxylic acids is 2. The Morgan fingerprint density at radius 2 is 1.86 bits per heavy atom. The molecule has 0 fully saturated rings. The molecule has 28 heavy (non-hydrogen) atoms. The number of aromatic amines is 1. The molecule has 0 spiro atoms. The zero-order valence-electron chi connectivity index (χ0n) is 15.7. The van der Waals surface area contributed by atoms with Crippen LogP contribution in [0.1, 0.15) is 23.2 Å². The van der Waals surface area contributed by atoms with E-state index in [0.29, 0.717) is 13.0 Å². The topological polar surface area (TPSA) is 71.6 Å². The summed E-state index contributed by atoms with van der Waals surface area (Å²) in [5, 5.41) is 1.13. The van der Waals surface area contributed by atoms with Gasteiger partial charge in [-0.25, -0.2) is 4.79 Å². The molecule has 0 bridgehead atoms.